The Bertz CT molecular complexity index is 1020. The van der Waals surface area contributed by atoms with Gasteiger partial charge < -0.3 is 24.5 Å². The highest BCUT2D eigenvalue weighted by Crippen LogP contribution is 2.40. The number of anilines is 1. The van der Waals surface area contributed by atoms with E-state index in [-0.39, 0.29) is 11.6 Å². The number of fused-ring (bicyclic) bond motifs is 1. The minimum absolute atomic E-state index is 0.115. The molecule has 0 aliphatic heterocycles. The number of hydrogen-bond donors (Lipinski definition) is 2. The van der Waals surface area contributed by atoms with Gasteiger partial charge in [0.2, 0.25) is 5.75 Å². The molecule has 1 aromatic carbocycles. The lowest BCUT2D eigenvalue weighted by Gasteiger charge is -2.18. The largest absolute Gasteiger partial charge is 0.493 e. The first-order valence-corrected chi connectivity index (χ1v) is 9.27. The minimum Gasteiger partial charge on any atom is -0.493 e. The van der Waals surface area contributed by atoms with Crippen LogP contribution < -0.4 is 25.1 Å². The third-order valence-corrected chi connectivity index (χ3v) is 5.62. The lowest BCUT2D eigenvalue weighted by atomic mass is 10.2. The maximum Gasteiger partial charge on any atom is 0.259 e. The Kier molecular flexibility index (Phi) is 5.27. The summed E-state index contributed by atoms with van der Waals surface area (Å²) < 4.78 is 16.1. The fourth-order valence-electron chi connectivity index (χ4n) is 2.96. The standard InChI is InChI=1S/C19H23N3O4S/c1-9-11(3)27-19-15(9)18(23)21-17(22-19)10(2)20-12-7-13(24-4)16(26-6)14(8-12)25-5/h7-8,10,20H,1-6H3,(H,21,22,23)/t10-/m0/s1. The van der Waals surface area contributed by atoms with E-state index in [1.807, 2.05) is 32.9 Å². The number of nitrogens with zero attached hydrogens (tertiary/aromatic N) is 1. The van der Waals surface area contributed by atoms with Gasteiger partial charge in [-0.2, -0.15) is 0 Å². The molecule has 2 N–H and O–H groups in total. The van der Waals surface area contributed by atoms with E-state index < -0.39 is 0 Å². The molecule has 144 valence electrons. The summed E-state index contributed by atoms with van der Waals surface area (Å²) in [7, 11) is 4.70. The second kappa shape index (κ2) is 7.48. The number of nitrogens with one attached hydrogen (secondary N) is 2. The molecule has 8 heteroatoms. The molecule has 0 saturated carbocycles. The van der Waals surface area contributed by atoms with Crippen molar-refractivity contribution in [2.24, 2.45) is 0 Å². The number of hydrogen-bond acceptors (Lipinski definition) is 7. The first-order valence-electron chi connectivity index (χ1n) is 8.46. The topological polar surface area (TPSA) is 85.5 Å². The van der Waals surface area contributed by atoms with Crippen LogP contribution in [0.2, 0.25) is 0 Å². The fraction of sp³-hybridized carbons (Fsp3) is 0.368. The minimum atomic E-state index is -0.229. The van der Waals surface area contributed by atoms with Gasteiger partial charge in [-0.3, -0.25) is 4.79 Å². The zero-order valence-electron chi connectivity index (χ0n) is 16.2. The van der Waals surface area contributed by atoms with E-state index >= 15 is 0 Å². The molecule has 0 aliphatic carbocycles. The van der Waals surface area contributed by atoms with Crippen LogP contribution in [0.4, 0.5) is 5.69 Å². The maximum atomic E-state index is 12.5. The predicted molar refractivity (Wildman–Crippen MR) is 108 cm³/mol. The number of methoxy groups -OCH3 is 3. The van der Waals surface area contributed by atoms with Gasteiger partial charge in [0.15, 0.2) is 11.5 Å². The van der Waals surface area contributed by atoms with Crippen molar-refractivity contribution in [3.05, 3.63) is 38.8 Å². The lowest BCUT2D eigenvalue weighted by molar-refractivity contribution is 0.324. The maximum absolute atomic E-state index is 12.5. The molecule has 0 aliphatic rings. The van der Waals surface area contributed by atoms with Gasteiger partial charge in [-0.25, -0.2) is 4.98 Å². The summed E-state index contributed by atoms with van der Waals surface area (Å²) in [6, 6.07) is 3.40. The van der Waals surface area contributed by atoms with Crippen molar-refractivity contribution in [3.8, 4) is 17.2 Å². The molecule has 7 nitrogen and oxygen atoms in total. The Morgan fingerprint density at radius 3 is 2.30 bits per heavy atom. The third-order valence-electron chi connectivity index (χ3n) is 4.52. The van der Waals surface area contributed by atoms with E-state index in [9.17, 15) is 4.79 Å². The zero-order valence-corrected chi connectivity index (χ0v) is 17.0. The van der Waals surface area contributed by atoms with Gasteiger partial charge in [0.1, 0.15) is 10.7 Å². The first kappa shape index (κ1) is 19.0. The molecule has 0 fully saturated rings. The van der Waals surface area contributed by atoms with E-state index in [4.69, 9.17) is 14.2 Å². The van der Waals surface area contributed by atoms with Crippen LogP contribution in [-0.2, 0) is 0 Å². The highest BCUT2D eigenvalue weighted by Gasteiger charge is 2.18. The van der Waals surface area contributed by atoms with Gasteiger partial charge in [0.05, 0.1) is 32.8 Å². The third kappa shape index (κ3) is 3.44. The number of aromatic nitrogens is 2. The molecule has 0 unspecified atom stereocenters. The Morgan fingerprint density at radius 1 is 1.11 bits per heavy atom. The van der Waals surface area contributed by atoms with Gasteiger partial charge in [-0.05, 0) is 26.3 Å². The van der Waals surface area contributed by atoms with Gasteiger partial charge in [-0.1, -0.05) is 0 Å². The molecule has 1 atom stereocenters. The normalized spacial score (nSPS) is 12.1. The highest BCUT2D eigenvalue weighted by molar-refractivity contribution is 7.18. The number of benzene rings is 1. The number of H-pyrrole nitrogens is 1. The van der Waals surface area contributed by atoms with Crippen LogP contribution in [0, 0.1) is 13.8 Å². The van der Waals surface area contributed by atoms with Crippen LogP contribution in [0.25, 0.3) is 10.2 Å². The first-order chi connectivity index (χ1) is 12.9. The fourth-order valence-corrected chi connectivity index (χ4v) is 4.00. The molecule has 2 heterocycles. The molecule has 27 heavy (non-hydrogen) atoms. The second-order valence-corrected chi connectivity index (χ2v) is 7.40. The van der Waals surface area contributed by atoms with Gasteiger partial charge in [-0.15, -0.1) is 11.3 Å². The summed E-state index contributed by atoms with van der Waals surface area (Å²) in [5, 5.41) is 4.00. The Balaban J connectivity index is 1.97. The Hall–Kier alpha value is -2.74. The van der Waals surface area contributed by atoms with Crippen LogP contribution in [0.5, 0.6) is 17.2 Å². The van der Waals surface area contributed by atoms with Crippen molar-refractivity contribution >= 4 is 27.2 Å². The zero-order chi connectivity index (χ0) is 19.7. The second-order valence-electron chi connectivity index (χ2n) is 6.19. The van der Waals surface area contributed by atoms with Crippen LogP contribution in [0.3, 0.4) is 0 Å². The average molecular weight is 389 g/mol. The molecule has 0 radical (unpaired) electrons. The SMILES string of the molecule is COc1cc(N[C@@H](C)c2nc3sc(C)c(C)c3c(=O)[nH]2)cc(OC)c1OC. The quantitative estimate of drug-likeness (QED) is 0.667. The molecule has 3 rings (SSSR count). The summed E-state index contributed by atoms with van der Waals surface area (Å²) >= 11 is 1.53. The van der Waals surface area contributed by atoms with E-state index in [1.54, 1.807) is 21.3 Å². The molecule has 0 saturated heterocycles. The number of aromatic amines is 1. The van der Waals surface area contributed by atoms with Crippen molar-refractivity contribution in [2.45, 2.75) is 26.8 Å². The monoisotopic (exact) mass is 389 g/mol. The van der Waals surface area contributed by atoms with E-state index in [0.29, 0.717) is 28.5 Å². The Morgan fingerprint density at radius 2 is 1.74 bits per heavy atom. The van der Waals surface area contributed by atoms with E-state index in [1.165, 1.54) is 11.3 Å². The molecular formula is C19H23N3O4S. The van der Waals surface area contributed by atoms with E-state index in [2.05, 4.69) is 15.3 Å². The van der Waals surface area contributed by atoms with Crippen LogP contribution in [-0.4, -0.2) is 31.3 Å². The molecule has 2 aromatic heterocycles. The van der Waals surface area contributed by atoms with Gasteiger partial charge >= 0.3 is 0 Å². The number of aryl methyl sites for hydroxylation is 2. The van der Waals surface area contributed by atoms with Crippen LogP contribution in [0.1, 0.15) is 29.2 Å². The number of rotatable bonds is 6. The summed E-state index contributed by atoms with van der Waals surface area (Å²) in [5.41, 5.74) is 1.63. The van der Waals surface area contributed by atoms with E-state index in [0.717, 1.165) is 21.0 Å². The molecule has 0 amide bonds. The highest BCUT2D eigenvalue weighted by atomic mass is 32.1. The van der Waals surface area contributed by atoms with Crippen molar-refractivity contribution in [3.63, 3.8) is 0 Å². The number of ether oxygens (including phenoxy) is 3. The molecular weight excluding hydrogens is 366 g/mol. The van der Waals surface area contributed by atoms with Crippen molar-refractivity contribution < 1.29 is 14.2 Å². The molecule has 0 bridgehead atoms. The Labute approximate surface area is 161 Å². The summed E-state index contributed by atoms with van der Waals surface area (Å²) in [5.74, 6) is 2.19. The smallest absolute Gasteiger partial charge is 0.259 e. The molecule has 0 spiro atoms. The van der Waals surface area contributed by atoms with Crippen molar-refractivity contribution in [2.75, 3.05) is 26.6 Å². The summed E-state index contributed by atoms with van der Waals surface area (Å²) in [6.07, 6.45) is 0. The number of thiophene rings is 1. The molecule has 3 aromatic rings. The van der Waals surface area contributed by atoms with Crippen molar-refractivity contribution in [1.29, 1.82) is 0 Å². The van der Waals surface area contributed by atoms with Crippen molar-refractivity contribution in [1.82, 2.24) is 9.97 Å². The lowest BCUT2D eigenvalue weighted by Crippen LogP contribution is -2.17. The van der Waals surface area contributed by atoms with Gasteiger partial charge in [0, 0.05) is 22.7 Å². The summed E-state index contributed by atoms with van der Waals surface area (Å²) in [4.78, 5) is 21.9. The average Bonchev–Trinajstić information content (AvgIpc) is 2.94. The summed E-state index contributed by atoms with van der Waals surface area (Å²) in [6.45, 7) is 5.88. The predicted octanol–water partition coefficient (Wildman–Crippen LogP) is 3.80. The van der Waals surface area contributed by atoms with Gasteiger partial charge in [0.25, 0.3) is 5.56 Å². The van der Waals surface area contributed by atoms with Crippen LogP contribution >= 0.6 is 11.3 Å². The van der Waals surface area contributed by atoms with Crippen LogP contribution in [0.15, 0.2) is 16.9 Å².